The van der Waals surface area contributed by atoms with Crippen LogP contribution in [-0.2, 0) is 19.1 Å². The zero-order valence-electron chi connectivity index (χ0n) is 19.4. The first-order valence-corrected chi connectivity index (χ1v) is 12.2. The van der Waals surface area contributed by atoms with Crippen molar-refractivity contribution in [1.29, 1.82) is 0 Å². The Morgan fingerprint density at radius 3 is 2.52 bits per heavy atom. The van der Waals surface area contributed by atoms with Crippen LogP contribution in [0.15, 0.2) is 24.3 Å². The monoisotopic (exact) mass is 446 g/mol. The molecule has 1 saturated heterocycles. The molecule has 4 aliphatic carbocycles. The second kappa shape index (κ2) is 6.26. The molecule has 0 bridgehead atoms. The van der Waals surface area contributed by atoms with Gasteiger partial charge < -0.3 is 9.47 Å². The van der Waals surface area contributed by atoms with E-state index < -0.39 is 10.8 Å². The molecule has 5 rings (SSSR count). The van der Waals surface area contributed by atoms with Crippen LogP contribution in [0.25, 0.3) is 0 Å². The maximum absolute atomic E-state index is 13.0. The predicted octanol–water partition coefficient (Wildman–Crippen LogP) is 5.24. The molecule has 0 aromatic carbocycles. The SMILES string of the molecule is C=C1C(=C)[C@H]2[C@@H]3C(Cl)C4OC45CC(OC(=O)C(C)(C)C)CC[C@]5(C)[C@@H]3CC[C@]2(C)C1=O. The van der Waals surface area contributed by atoms with Gasteiger partial charge in [-0.3, -0.25) is 9.59 Å². The van der Waals surface area contributed by atoms with Crippen LogP contribution in [-0.4, -0.2) is 34.9 Å². The average Bonchev–Trinajstić information content (AvgIpc) is 3.39. The molecule has 170 valence electrons. The van der Waals surface area contributed by atoms with E-state index >= 15 is 0 Å². The Labute approximate surface area is 190 Å². The van der Waals surface area contributed by atoms with E-state index in [0.29, 0.717) is 11.5 Å². The Bertz CT molecular complexity index is 902. The molecule has 5 fully saturated rings. The molecule has 9 atom stereocenters. The van der Waals surface area contributed by atoms with Crippen LogP contribution in [0.5, 0.6) is 0 Å². The smallest absolute Gasteiger partial charge is 0.311 e. The lowest BCUT2D eigenvalue weighted by Gasteiger charge is -2.59. The summed E-state index contributed by atoms with van der Waals surface area (Å²) in [6, 6.07) is 0. The van der Waals surface area contributed by atoms with Gasteiger partial charge in [0, 0.05) is 28.7 Å². The van der Waals surface area contributed by atoms with E-state index in [1.807, 2.05) is 20.8 Å². The van der Waals surface area contributed by atoms with Crippen molar-refractivity contribution in [3.8, 4) is 0 Å². The Morgan fingerprint density at radius 1 is 1.19 bits per heavy atom. The molecule has 1 heterocycles. The fourth-order valence-electron chi connectivity index (χ4n) is 7.77. The van der Waals surface area contributed by atoms with E-state index in [1.54, 1.807) is 0 Å². The summed E-state index contributed by atoms with van der Waals surface area (Å²) in [4.78, 5) is 25.6. The van der Waals surface area contributed by atoms with Crippen LogP contribution in [0.4, 0.5) is 0 Å². The third-order valence-corrected chi connectivity index (χ3v) is 10.2. The van der Waals surface area contributed by atoms with Gasteiger partial charge in [0.15, 0.2) is 5.78 Å². The number of carbonyl (C=O) groups excluding carboxylic acids is 2. The number of ether oxygens (including phenoxy) is 2. The highest BCUT2D eigenvalue weighted by molar-refractivity contribution is 6.22. The number of esters is 1. The quantitative estimate of drug-likeness (QED) is 0.239. The third-order valence-electron chi connectivity index (χ3n) is 9.65. The van der Waals surface area contributed by atoms with Crippen molar-refractivity contribution >= 4 is 23.4 Å². The number of allylic oxidation sites excluding steroid dienone is 2. The molecule has 5 heteroatoms. The lowest BCUT2D eigenvalue weighted by molar-refractivity contribution is -0.167. The van der Waals surface area contributed by atoms with Crippen LogP contribution in [0, 0.1) is 34.0 Å². The number of hydrogen-bond donors (Lipinski definition) is 0. The van der Waals surface area contributed by atoms with Crippen molar-refractivity contribution in [2.45, 2.75) is 89.9 Å². The van der Waals surface area contributed by atoms with E-state index in [-0.39, 0.29) is 52.2 Å². The van der Waals surface area contributed by atoms with Gasteiger partial charge in [-0.1, -0.05) is 27.0 Å². The zero-order chi connectivity index (χ0) is 22.7. The van der Waals surface area contributed by atoms with Crippen LogP contribution in [0.3, 0.4) is 0 Å². The Morgan fingerprint density at radius 2 is 1.87 bits per heavy atom. The number of alkyl halides is 1. The predicted molar refractivity (Wildman–Crippen MR) is 120 cm³/mol. The van der Waals surface area contributed by atoms with Gasteiger partial charge in [0.05, 0.1) is 10.8 Å². The molecule has 4 unspecified atom stereocenters. The molecule has 5 aliphatic rings. The summed E-state index contributed by atoms with van der Waals surface area (Å²) < 4.78 is 12.4. The van der Waals surface area contributed by atoms with E-state index in [4.69, 9.17) is 21.1 Å². The van der Waals surface area contributed by atoms with Gasteiger partial charge in [-0.25, -0.2) is 0 Å². The number of epoxide rings is 1. The van der Waals surface area contributed by atoms with E-state index in [2.05, 4.69) is 27.0 Å². The number of rotatable bonds is 1. The van der Waals surface area contributed by atoms with Gasteiger partial charge in [0.2, 0.25) is 0 Å². The lowest BCUT2D eigenvalue weighted by atomic mass is 9.44. The molecular formula is C26H35ClO4. The van der Waals surface area contributed by atoms with E-state index in [0.717, 1.165) is 37.7 Å². The summed E-state index contributed by atoms with van der Waals surface area (Å²) in [7, 11) is 0. The van der Waals surface area contributed by atoms with Crippen molar-refractivity contribution in [2.24, 2.45) is 34.0 Å². The number of halogens is 1. The normalized spacial score (nSPS) is 50.8. The summed E-state index contributed by atoms with van der Waals surface area (Å²) in [5, 5.41) is -0.171. The van der Waals surface area contributed by atoms with E-state index in [1.165, 1.54) is 0 Å². The zero-order valence-corrected chi connectivity index (χ0v) is 20.2. The minimum Gasteiger partial charge on any atom is -0.462 e. The van der Waals surface area contributed by atoms with Gasteiger partial charge >= 0.3 is 5.97 Å². The fraction of sp³-hybridized carbons (Fsp3) is 0.769. The van der Waals surface area contributed by atoms with Gasteiger partial charge in [0.1, 0.15) is 17.8 Å². The first kappa shape index (κ1) is 21.7. The molecule has 1 aliphatic heterocycles. The summed E-state index contributed by atoms with van der Waals surface area (Å²) >= 11 is 7.16. The molecule has 0 aromatic heterocycles. The fourth-order valence-corrected chi connectivity index (χ4v) is 8.35. The first-order chi connectivity index (χ1) is 14.3. The topological polar surface area (TPSA) is 55.9 Å². The van der Waals surface area contributed by atoms with Gasteiger partial charge in [-0.2, -0.15) is 0 Å². The Hall–Kier alpha value is -1.13. The van der Waals surface area contributed by atoms with Crippen molar-refractivity contribution in [3.05, 3.63) is 24.3 Å². The molecule has 1 spiro atoms. The highest BCUT2D eigenvalue weighted by atomic mass is 35.5. The summed E-state index contributed by atoms with van der Waals surface area (Å²) in [6.45, 7) is 18.5. The van der Waals surface area contributed by atoms with Gasteiger partial charge in [-0.15, -0.1) is 11.6 Å². The molecule has 0 radical (unpaired) electrons. The number of hydrogen-bond acceptors (Lipinski definition) is 4. The molecule has 0 amide bonds. The highest BCUT2D eigenvalue weighted by Crippen LogP contribution is 2.74. The van der Waals surface area contributed by atoms with E-state index in [9.17, 15) is 9.59 Å². The van der Waals surface area contributed by atoms with Crippen molar-refractivity contribution in [1.82, 2.24) is 0 Å². The largest absolute Gasteiger partial charge is 0.462 e. The number of Topliss-reactive ketones (excluding diaryl/α,β-unsaturated/α-hetero) is 1. The van der Waals surface area contributed by atoms with Crippen LogP contribution < -0.4 is 0 Å². The number of carbonyl (C=O) groups is 2. The van der Waals surface area contributed by atoms with Crippen molar-refractivity contribution < 1.29 is 19.1 Å². The third kappa shape index (κ3) is 2.58. The summed E-state index contributed by atoms with van der Waals surface area (Å²) in [5.41, 5.74) is 0.169. The average molecular weight is 447 g/mol. The molecule has 4 saturated carbocycles. The Balaban J connectivity index is 1.46. The lowest BCUT2D eigenvalue weighted by Crippen LogP contribution is -2.62. The van der Waals surface area contributed by atoms with Gasteiger partial charge in [0.25, 0.3) is 0 Å². The van der Waals surface area contributed by atoms with Crippen LogP contribution in [0.2, 0.25) is 0 Å². The highest BCUT2D eigenvalue weighted by Gasteiger charge is 2.79. The molecule has 0 aromatic rings. The Kier molecular flexibility index (Phi) is 4.38. The summed E-state index contributed by atoms with van der Waals surface area (Å²) in [5.74, 6) is 0.570. The minimum atomic E-state index is -0.513. The van der Waals surface area contributed by atoms with Crippen LogP contribution in [0.1, 0.15) is 66.7 Å². The first-order valence-electron chi connectivity index (χ1n) is 11.7. The maximum atomic E-state index is 13.0. The molecular weight excluding hydrogens is 412 g/mol. The number of fused-ring (bicyclic) bond motifs is 4. The molecule has 31 heavy (non-hydrogen) atoms. The number of ketones is 1. The van der Waals surface area contributed by atoms with Gasteiger partial charge in [-0.05, 0) is 63.9 Å². The minimum absolute atomic E-state index is 0.0348. The maximum Gasteiger partial charge on any atom is 0.311 e. The standard InChI is InChI=1S/C26H35ClO4/c1-13-14(2)20(28)24(6)10-9-16-17(18(13)24)19(27)21-26(31-21)12-15(8-11-25(16,26)7)30-22(29)23(3,4)5/h15-19,21H,1-2,8-12H2,3-7H3/t15?,16-,17-,18+,19?,21?,24+,25-,26?/m1/s1. The van der Waals surface area contributed by atoms with Crippen molar-refractivity contribution in [2.75, 3.05) is 0 Å². The van der Waals surface area contributed by atoms with Crippen LogP contribution >= 0.6 is 11.6 Å². The molecule has 4 nitrogen and oxygen atoms in total. The molecule has 0 N–H and O–H groups in total. The second-order valence-corrected chi connectivity index (χ2v) is 12.8. The van der Waals surface area contributed by atoms with Crippen molar-refractivity contribution in [3.63, 3.8) is 0 Å². The summed E-state index contributed by atoms with van der Waals surface area (Å²) in [6.07, 6.45) is 4.14. The second-order valence-electron chi connectivity index (χ2n) is 12.3.